The molecule has 0 atom stereocenters. The molecule has 94 valence electrons. The molecule has 1 saturated heterocycles. The quantitative estimate of drug-likeness (QED) is 0.899. The Labute approximate surface area is 106 Å². The van der Waals surface area contributed by atoms with Gasteiger partial charge in [0.05, 0.1) is 4.88 Å². The summed E-state index contributed by atoms with van der Waals surface area (Å²) in [6, 6.07) is 1.98. The lowest BCUT2D eigenvalue weighted by molar-refractivity contribution is 0.0238. The van der Waals surface area contributed by atoms with Crippen LogP contribution in [0.15, 0.2) is 11.4 Å². The molecule has 17 heavy (non-hydrogen) atoms. The van der Waals surface area contributed by atoms with Gasteiger partial charge in [-0.25, -0.2) is 0 Å². The van der Waals surface area contributed by atoms with Crippen LogP contribution >= 0.6 is 11.3 Å². The van der Waals surface area contributed by atoms with Gasteiger partial charge in [-0.1, -0.05) is 6.92 Å². The van der Waals surface area contributed by atoms with Crippen molar-refractivity contribution in [3.8, 4) is 0 Å². The maximum atomic E-state index is 12.0. The summed E-state index contributed by atoms with van der Waals surface area (Å²) in [4.78, 5) is 12.8. The first-order valence-corrected chi connectivity index (χ1v) is 6.89. The van der Waals surface area contributed by atoms with Crippen LogP contribution in [0.2, 0.25) is 0 Å². The van der Waals surface area contributed by atoms with Crippen molar-refractivity contribution in [3.63, 3.8) is 0 Å². The zero-order chi connectivity index (χ0) is 12.3. The van der Waals surface area contributed by atoms with Crippen LogP contribution in [0.1, 0.15) is 35.0 Å². The molecule has 2 heterocycles. The van der Waals surface area contributed by atoms with Crippen LogP contribution in [-0.4, -0.2) is 25.7 Å². The van der Waals surface area contributed by atoms with Crippen LogP contribution in [0.25, 0.3) is 0 Å². The second-order valence-electron chi connectivity index (χ2n) is 5.04. The van der Waals surface area contributed by atoms with E-state index in [0.717, 1.165) is 43.0 Å². The SMILES string of the molecule is Cc1ccsc1C(=O)NCC1(C)CCOCC1. The molecule has 0 aliphatic carbocycles. The number of hydrogen-bond acceptors (Lipinski definition) is 3. The van der Waals surface area contributed by atoms with E-state index >= 15 is 0 Å². The molecule has 0 unspecified atom stereocenters. The molecule has 0 saturated carbocycles. The number of carbonyl (C=O) groups is 1. The molecule has 1 amide bonds. The molecule has 3 nitrogen and oxygen atoms in total. The van der Waals surface area contributed by atoms with Gasteiger partial charge in [-0.15, -0.1) is 11.3 Å². The third-order valence-corrected chi connectivity index (χ3v) is 4.46. The number of carbonyl (C=O) groups excluding carboxylic acids is 1. The van der Waals surface area contributed by atoms with Crippen molar-refractivity contribution in [2.45, 2.75) is 26.7 Å². The Balaban J connectivity index is 1.90. The Kier molecular flexibility index (Phi) is 3.84. The van der Waals surface area contributed by atoms with Crippen molar-refractivity contribution in [1.29, 1.82) is 0 Å². The summed E-state index contributed by atoms with van der Waals surface area (Å²) in [6.07, 6.45) is 2.05. The summed E-state index contributed by atoms with van der Waals surface area (Å²) >= 11 is 1.51. The first-order chi connectivity index (χ1) is 8.11. The minimum Gasteiger partial charge on any atom is -0.381 e. The minimum absolute atomic E-state index is 0.0604. The first-order valence-electron chi connectivity index (χ1n) is 6.01. The molecule has 1 aromatic heterocycles. The van der Waals surface area contributed by atoms with Crippen LogP contribution in [0, 0.1) is 12.3 Å². The highest BCUT2D eigenvalue weighted by Gasteiger charge is 2.28. The molecule has 1 aliphatic heterocycles. The van der Waals surface area contributed by atoms with E-state index < -0.39 is 0 Å². The molecule has 1 fully saturated rings. The van der Waals surface area contributed by atoms with Gasteiger partial charge in [0, 0.05) is 19.8 Å². The summed E-state index contributed by atoms with van der Waals surface area (Å²) in [5, 5.41) is 5.01. The van der Waals surface area contributed by atoms with E-state index in [1.165, 1.54) is 11.3 Å². The van der Waals surface area contributed by atoms with Crippen LogP contribution in [-0.2, 0) is 4.74 Å². The summed E-state index contributed by atoms with van der Waals surface area (Å²) in [5.41, 5.74) is 1.25. The van der Waals surface area contributed by atoms with Gasteiger partial charge in [0.15, 0.2) is 0 Å². The van der Waals surface area contributed by atoms with Crippen molar-refractivity contribution >= 4 is 17.2 Å². The normalized spacial score (nSPS) is 18.9. The van der Waals surface area contributed by atoms with Crippen molar-refractivity contribution < 1.29 is 9.53 Å². The maximum Gasteiger partial charge on any atom is 0.261 e. The summed E-state index contributed by atoms with van der Waals surface area (Å²) < 4.78 is 5.35. The van der Waals surface area contributed by atoms with Crippen molar-refractivity contribution in [2.24, 2.45) is 5.41 Å². The van der Waals surface area contributed by atoms with Gasteiger partial charge in [0.25, 0.3) is 5.91 Å². The number of rotatable bonds is 3. The zero-order valence-electron chi connectivity index (χ0n) is 10.4. The Hall–Kier alpha value is -0.870. The van der Waals surface area contributed by atoms with E-state index in [0.29, 0.717) is 0 Å². The largest absolute Gasteiger partial charge is 0.381 e. The van der Waals surface area contributed by atoms with E-state index in [9.17, 15) is 4.79 Å². The van der Waals surface area contributed by atoms with Gasteiger partial charge in [-0.2, -0.15) is 0 Å². The van der Waals surface area contributed by atoms with Crippen LogP contribution in [0.3, 0.4) is 0 Å². The summed E-state index contributed by atoms with van der Waals surface area (Å²) in [6.45, 7) is 6.56. The lowest BCUT2D eigenvalue weighted by atomic mass is 9.82. The number of aryl methyl sites for hydroxylation is 1. The Morgan fingerprint density at radius 1 is 1.53 bits per heavy atom. The fraction of sp³-hybridized carbons (Fsp3) is 0.615. The van der Waals surface area contributed by atoms with Gasteiger partial charge >= 0.3 is 0 Å². The van der Waals surface area contributed by atoms with Gasteiger partial charge < -0.3 is 10.1 Å². The number of amides is 1. The van der Waals surface area contributed by atoms with Gasteiger partial charge in [-0.05, 0) is 42.2 Å². The molecule has 0 spiro atoms. The smallest absolute Gasteiger partial charge is 0.261 e. The van der Waals surface area contributed by atoms with E-state index in [4.69, 9.17) is 4.74 Å². The van der Waals surface area contributed by atoms with Crippen LogP contribution in [0.4, 0.5) is 0 Å². The predicted molar refractivity (Wildman–Crippen MR) is 69.5 cm³/mol. The molecular formula is C13H19NO2S. The third-order valence-electron chi connectivity index (χ3n) is 3.44. The standard InChI is InChI=1S/C13H19NO2S/c1-10-3-8-17-11(10)12(15)14-9-13(2)4-6-16-7-5-13/h3,8H,4-7,9H2,1-2H3,(H,14,15). The molecule has 1 N–H and O–H groups in total. The lowest BCUT2D eigenvalue weighted by Gasteiger charge is -2.33. The fourth-order valence-electron chi connectivity index (χ4n) is 2.02. The Morgan fingerprint density at radius 3 is 2.82 bits per heavy atom. The van der Waals surface area contributed by atoms with Crippen LogP contribution < -0.4 is 5.32 Å². The minimum atomic E-state index is 0.0604. The highest BCUT2D eigenvalue weighted by atomic mass is 32.1. The second-order valence-corrected chi connectivity index (χ2v) is 5.95. The van der Waals surface area contributed by atoms with E-state index in [1.54, 1.807) is 0 Å². The Morgan fingerprint density at radius 2 is 2.24 bits per heavy atom. The van der Waals surface area contributed by atoms with E-state index in [-0.39, 0.29) is 11.3 Å². The fourth-order valence-corrected chi connectivity index (χ4v) is 2.86. The number of thiophene rings is 1. The second kappa shape index (κ2) is 5.19. The average Bonchev–Trinajstić information content (AvgIpc) is 2.74. The Bertz CT molecular complexity index is 394. The molecule has 0 bridgehead atoms. The topological polar surface area (TPSA) is 38.3 Å². The maximum absolute atomic E-state index is 12.0. The highest BCUT2D eigenvalue weighted by molar-refractivity contribution is 7.12. The summed E-state index contributed by atoms with van der Waals surface area (Å²) in [7, 11) is 0. The number of hydrogen-bond donors (Lipinski definition) is 1. The molecule has 2 rings (SSSR count). The van der Waals surface area contributed by atoms with Crippen molar-refractivity contribution in [2.75, 3.05) is 19.8 Å². The third kappa shape index (κ3) is 3.07. The zero-order valence-corrected chi connectivity index (χ0v) is 11.2. The average molecular weight is 253 g/mol. The van der Waals surface area contributed by atoms with E-state index in [1.807, 2.05) is 18.4 Å². The highest BCUT2D eigenvalue weighted by Crippen LogP contribution is 2.28. The van der Waals surface area contributed by atoms with Gasteiger partial charge in [0.1, 0.15) is 0 Å². The number of ether oxygens (including phenoxy) is 1. The molecule has 1 aromatic rings. The predicted octanol–water partition coefficient (Wildman–Crippen LogP) is 2.60. The van der Waals surface area contributed by atoms with E-state index in [2.05, 4.69) is 12.2 Å². The molecule has 0 aromatic carbocycles. The van der Waals surface area contributed by atoms with Crippen LogP contribution in [0.5, 0.6) is 0 Å². The van der Waals surface area contributed by atoms with Crippen molar-refractivity contribution in [3.05, 3.63) is 21.9 Å². The lowest BCUT2D eigenvalue weighted by Crippen LogP contribution is -2.39. The van der Waals surface area contributed by atoms with Crippen molar-refractivity contribution in [1.82, 2.24) is 5.32 Å². The molecular weight excluding hydrogens is 234 g/mol. The summed E-state index contributed by atoms with van der Waals surface area (Å²) in [5.74, 6) is 0.0604. The first kappa shape index (κ1) is 12.6. The molecule has 1 aliphatic rings. The molecule has 0 radical (unpaired) electrons. The molecule has 4 heteroatoms. The monoisotopic (exact) mass is 253 g/mol. The van der Waals surface area contributed by atoms with Gasteiger partial charge in [-0.3, -0.25) is 4.79 Å². The van der Waals surface area contributed by atoms with Gasteiger partial charge in [0.2, 0.25) is 0 Å². The number of nitrogens with one attached hydrogen (secondary N) is 1.